The van der Waals surface area contributed by atoms with E-state index in [0.29, 0.717) is 22.5 Å². The van der Waals surface area contributed by atoms with Crippen LogP contribution in [0.4, 0.5) is 11.6 Å². The highest BCUT2D eigenvalue weighted by atomic mass is 16.1. The minimum atomic E-state index is -0.0579. The third-order valence-electron chi connectivity index (χ3n) is 8.19. The first-order chi connectivity index (χ1) is 20.0. The average molecular weight is 538 g/mol. The maximum Gasteiger partial charge on any atom is 0.221 e. The van der Waals surface area contributed by atoms with Crippen molar-refractivity contribution in [1.82, 2.24) is 14.9 Å². The van der Waals surface area contributed by atoms with E-state index in [2.05, 4.69) is 80.4 Å². The summed E-state index contributed by atoms with van der Waals surface area (Å²) in [6.45, 7) is 7.08. The number of nitrogens with two attached hydrogens (primary N) is 1. The van der Waals surface area contributed by atoms with Crippen LogP contribution < -0.4 is 10.6 Å². The minimum absolute atomic E-state index is 0.0579. The van der Waals surface area contributed by atoms with Gasteiger partial charge in [0.1, 0.15) is 0 Å². The molecule has 0 radical (unpaired) electrons. The number of nitrogen functional groups attached to an aromatic ring is 1. The molecule has 1 aromatic heterocycles. The molecule has 1 aliphatic carbocycles. The molecule has 2 aliphatic rings. The van der Waals surface area contributed by atoms with Gasteiger partial charge in [0, 0.05) is 55.1 Å². The topological polar surface area (TPSA) is 75.3 Å². The van der Waals surface area contributed by atoms with E-state index in [1.165, 1.54) is 11.3 Å². The van der Waals surface area contributed by atoms with Gasteiger partial charge in [0.15, 0.2) is 5.78 Å². The fraction of sp³-hybridized carbons (Fsp3) is 0.171. The Balaban J connectivity index is 1.17. The van der Waals surface area contributed by atoms with Gasteiger partial charge in [-0.05, 0) is 35.7 Å². The van der Waals surface area contributed by atoms with Gasteiger partial charge < -0.3 is 10.6 Å². The van der Waals surface area contributed by atoms with Gasteiger partial charge in [-0.3, -0.25) is 9.69 Å². The van der Waals surface area contributed by atoms with Gasteiger partial charge in [-0.2, -0.15) is 0 Å². The van der Waals surface area contributed by atoms with E-state index in [4.69, 9.17) is 5.73 Å². The number of hydrogen-bond acceptors (Lipinski definition) is 6. The number of anilines is 2. The Morgan fingerprint density at radius 2 is 1.34 bits per heavy atom. The highest BCUT2D eigenvalue weighted by molar-refractivity contribution is 6.25. The van der Waals surface area contributed by atoms with Gasteiger partial charge in [-0.15, -0.1) is 0 Å². The molecule has 202 valence electrons. The molecule has 1 fully saturated rings. The lowest BCUT2D eigenvalue weighted by Crippen LogP contribution is -2.45. The largest absolute Gasteiger partial charge is 0.369 e. The molecule has 4 aromatic carbocycles. The summed E-state index contributed by atoms with van der Waals surface area (Å²) < 4.78 is 0. The number of aryl methyl sites for hydroxylation is 1. The number of aromatic nitrogens is 2. The van der Waals surface area contributed by atoms with Crippen LogP contribution in [0.15, 0.2) is 97.1 Å². The molecule has 0 saturated carbocycles. The van der Waals surface area contributed by atoms with Crippen molar-refractivity contribution in [3.63, 3.8) is 0 Å². The Morgan fingerprint density at radius 3 is 2.07 bits per heavy atom. The molecule has 0 atom stereocenters. The molecule has 6 heteroatoms. The van der Waals surface area contributed by atoms with Crippen LogP contribution in [-0.4, -0.2) is 46.8 Å². The molecule has 5 aromatic rings. The lowest BCUT2D eigenvalue weighted by molar-refractivity contribution is 0.104. The highest BCUT2D eigenvalue weighted by Gasteiger charge is 2.34. The molecular weight excluding hydrogens is 506 g/mol. The van der Waals surface area contributed by atoms with E-state index in [9.17, 15) is 4.79 Å². The number of ketones is 1. The first-order valence-corrected chi connectivity index (χ1v) is 14.1. The number of rotatable bonds is 5. The molecule has 0 unspecified atom stereocenters. The normalized spacial score (nSPS) is 14.7. The molecule has 1 aliphatic heterocycles. The van der Waals surface area contributed by atoms with Crippen LogP contribution in [0, 0.1) is 6.92 Å². The third kappa shape index (κ3) is 4.66. The Morgan fingerprint density at radius 1 is 0.683 bits per heavy atom. The summed E-state index contributed by atoms with van der Waals surface area (Å²) in [6, 6.07) is 33.2. The number of nitrogens with zero attached hydrogens (tertiary/aromatic N) is 4. The molecule has 0 bridgehead atoms. The van der Waals surface area contributed by atoms with Crippen molar-refractivity contribution in [3.05, 3.63) is 119 Å². The van der Waals surface area contributed by atoms with Gasteiger partial charge in [0.2, 0.25) is 5.95 Å². The number of fused-ring (bicyclic) bond motifs is 3. The summed E-state index contributed by atoms with van der Waals surface area (Å²) in [7, 11) is 0. The number of hydrogen-bond donors (Lipinski definition) is 1. The van der Waals surface area contributed by atoms with Gasteiger partial charge in [-0.1, -0.05) is 90.5 Å². The molecule has 1 saturated heterocycles. The Labute approximate surface area is 240 Å². The quantitative estimate of drug-likeness (QED) is 0.281. The second kappa shape index (κ2) is 10.3. The van der Waals surface area contributed by atoms with Crippen molar-refractivity contribution in [2.24, 2.45) is 0 Å². The second-order valence-corrected chi connectivity index (χ2v) is 10.9. The van der Waals surface area contributed by atoms with Gasteiger partial charge in [0.05, 0.1) is 17.0 Å². The van der Waals surface area contributed by atoms with Gasteiger partial charge in [-0.25, -0.2) is 9.97 Å². The zero-order valence-corrected chi connectivity index (χ0v) is 23.0. The number of carbonyl (C=O) groups is 1. The van der Waals surface area contributed by atoms with E-state index < -0.39 is 0 Å². The number of benzene rings is 4. The maximum atomic E-state index is 13.7. The zero-order valence-electron chi connectivity index (χ0n) is 23.0. The first kappa shape index (κ1) is 25.2. The predicted octanol–water partition coefficient (Wildman–Crippen LogP) is 6.23. The van der Waals surface area contributed by atoms with E-state index >= 15 is 0 Å². The Hall–Kier alpha value is -4.81. The van der Waals surface area contributed by atoms with Crippen molar-refractivity contribution < 1.29 is 4.79 Å². The summed E-state index contributed by atoms with van der Waals surface area (Å²) in [4.78, 5) is 27.8. The van der Waals surface area contributed by atoms with E-state index in [-0.39, 0.29) is 11.7 Å². The van der Waals surface area contributed by atoms with Crippen LogP contribution in [0.25, 0.3) is 33.6 Å². The Bertz CT molecular complexity index is 1740. The Kier molecular flexibility index (Phi) is 6.33. The van der Waals surface area contributed by atoms with Crippen LogP contribution in [0.3, 0.4) is 0 Å². The monoisotopic (exact) mass is 537 g/mol. The SMILES string of the molecule is Cc1ccc(-c2nc(N)nc3c2C(=O)c2cccc(-c4ccc(N5CCN(Cc6ccccc6)CC5)cc4)c2-3)cc1. The number of piperazine rings is 1. The summed E-state index contributed by atoms with van der Waals surface area (Å²) in [6.07, 6.45) is 0. The van der Waals surface area contributed by atoms with Crippen molar-refractivity contribution in [2.75, 3.05) is 36.8 Å². The van der Waals surface area contributed by atoms with Crippen molar-refractivity contribution in [3.8, 4) is 33.6 Å². The predicted molar refractivity (Wildman–Crippen MR) is 165 cm³/mol. The van der Waals surface area contributed by atoms with Crippen LogP contribution in [-0.2, 0) is 6.54 Å². The highest BCUT2D eigenvalue weighted by Crippen LogP contribution is 2.45. The lowest BCUT2D eigenvalue weighted by Gasteiger charge is -2.36. The van der Waals surface area contributed by atoms with E-state index in [1.54, 1.807) is 0 Å². The van der Waals surface area contributed by atoms with Crippen LogP contribution in [0.2, 0.25) is 0 Å². The average Bonchev–Trinajstić information content (AvgIpc) is 3.30. The fourth-order valence-electron chi connectivity index (χ4n) is 6.02. The van der Waals surface area contributed by atoms with Crippen LogP contribution in [0.1, 0.15) is 27.0 Å². The molecule has 2 heterocycles. The first-order valence-electron chi connectivity index (χ1n) is 14.1. The molecule has 41 heavy (non-hydrogen) atoms. The summed E-state index contributed by atoms with van der Waals surface area (Å²) in [5, 5.41) is 0. The standard InChI is InChI=1S/C35H31N5O/c1-23-10-12-26(13-11-23)32-31-33(38-35(36)37-32)30-28(8-5-9-29(30)34(31)41)25-14-16-27(17-15-25)40-20-18-39(19-21-40)22-24-6-3-2-4-7-24/h2-17H,18-22H2,1H3,(H2,36,37,38). The van der Waals surface area contributed by atoms with Crippen molar-refractivity contribution in [1.29, 1.82) is 0 Å². The molecule has 7 rings (SSSR count). The zero-order chi connectivity index (χ0) is 27.9. The summed E-state index contributed by atoms with van der Waals surface area (Å²) in [5.41, 5.74) is 16.0. The summed E-state index contributed by atoms with van der Waals surface area (Å²) >= 11 is 0. The van der Waals surface area contributed by atoms with E-state index in [1.807, 2.05) is 43.3 Å². The van der Waals surface area contributed by atoms with E-state index in [0.717, 1.165) is 60.5 Å². The molecule has 6 nitrogen and oxygen atoms in total. The second-order valence-electron chi connectivity index (χ2n) is 10.9. The molecule has 0 spiro atoms. The summed E-state index contributed by atoms with van der Waals surface area (Å²) in [5.74, 6) is 0.106. The van der Waals surface area contributed by atoms with Crippen LogP contribution >= 0.6 is 0 Å². The number of carbonyl (C=O) groups excluding carboxylic acids is 1. The lowest BCUT2D eigenvalue weighted by atomic mass is 9.96. The third-order valence-corrected chi connectivity index (χ3v) is 8.19. The van der Waals surface area contributed by atoms with Crippen molar-refractivity contribution in [2.45, 2.75) is 13.5 Å². The van der Waals surface area contributed by atoms with Gasteiger partial charge in [0.25, 0.3) is 0 Å². The molecule has 0 amide bonds. The smallest absolute Gasteiger partial charge is 0.221 e. The molecular formula is C35H31N5O. The molecule has 2 N–H and O–H groups in total. The van der Waals surface area contributed by atoms with Gasteiger partial charge >= 0.3 is 0 Å². The van der Waals surface area contributed by atoms with Crippen molar-refractivity contribution >= 4 is 17.4 Å². The maximum absolute atomic E-state index is 13.7. The fourth-order valence-corrected chi connectivity index (χ4v) is 6.02. The van der Waals surface area contributed by atoms with Crippen LogP contribution in [0.5, 0.6) is 0 Å². The minimum Gasteiger partial charge on any atom is -0.369 e.